The van der Waals surface area contributed by atoms with Crippen LogP contribution in [0.25, 0.3) is 0 Å². The van der Waals surface area contributed by atoms with Crippen LogP contribution in [0.5, 0.6) is 0 Å². The largest absolute Gasteiger partial charge is 0.330 e. The summed E-state index contributed by atoms with van der Waals surface area (Å²) in [7, 11) is 0. The van der Waals surface area contributed by atoms with E-state index in [0.29, 0.717) is 5.02 Å². The maximum atomic E-state index is 12.2. The van der Waals surface area contributed by atoms with E-state index in [4.69, 9.17) is 11.6 Å². The number of hydrogen-bond acceptors (Lipinski definition) is 1. The van der Waals surface area contributed by atoms with Crippen LogP contribution in [-0.4, -0.2) is 11.9 Å². The van der Waals surface area contributed by atoms with E-state index in [-0.39, 0.29) is 18.0 Å². The molecular formula is C17H20ClN2O+. The first-order chi connectivity index (χ1) is 10.1. The third kappa shape index (κ3) is 4.59. The van der Waals surface area contributed by atoms with Crippen molar-refractivity contribution in [2.75, 3.05) is 5.32 Å². The van der Waals surface area contributed by atoms with E-state index in [1.807, 2.05) is 66.8 Å². The van der Waals surface area contributed by atoms with Crippen molar-refractivity contribution in [3.8, 4) is 0 Å². The van der Waals surface area contributed by atoms with Crippen molar-refractivity contribution in [1.82, 2.24) is 0 Å². The van der Waals surface area contributed by atoms with Gasteiger partial charge in [-0.3, -0.25) is 4.79 Å². The molecule has 1 amide bonds. The molecule has 3 nitrogen and oxygen atoms in total. The summed E-state index contributed by atoms with van der Waals surface area (Å²) in [4.78, 5) is 12.2. The van der Waals surface area contributed by atoms with Gasteiger partial charge in [0.2, 0.25) is 0 Å². The number of rotatable bonds is 5. The van der Waals surface area contributed by atoms with Gasteiger partial charge in [-0.25, -0.2) is 0 Å². The minimum Gasteiger partial charge on any atom is -0.330 e. The van der Waals surface area contributed by atoms with Crippen LogP contribution in [0.3, 0.4) is 0 Å². The van der Waals surface area contributed by atoms with Crippen LogP contribution >= 0.6 is 11.6 Å². The Labute approximate surface area is 130 Å². The first kappa shape index (κ1) is 15.5. The van der Waals surface area contributed by atoms with E-state index in [9.17, 15) is 4.79 Å². The summed E-state index contributed by atoms with van der Waals surface area (Å²) in [6.45, 7) is 3.97. The van der Waals surface area contributed by atoms with Crippen molar-refractivity contribution in [2.24, 2.45) is 0 Å². The van der Waals surface area contributed by atoms with Crippen molar-refractivity contribution < 1.29 is 10.1 Å². The zero-order valence-corrected chi connectivity index (χ0v) is 13.0. The van der Waals surface area contributed by atoms with Crippen molar-refractivity contribution >= 4 is 23.2 Å². The molecule has 0 aromatic heterocycles. The van der Waals surface area contributed by atoms with Gasteiger partial charge in [0.1, 0.15) is 6.04 Å². The van der Waals surface area contributed by atoms with Gasteiger partial charge in [-0.2, -0.15) is 0 Å². The molecule has 0 heterocycles. The average Bonchev–Trinajstić information content (AvgIpc) is 2.48. The lowest BCUT2D eigenvalue weighted by Gasteiger charge is -2.17. The van der Waals surface area contributed by atoms with Gasteiger partial charge in [0.15, 0.2) is 6.04 Å². The molecule has 0 unspecified atom stereocenters. The highest BCUT2D eigenvalue weighted by Crippen LogP contribution is 2.15. The molecule has 0 aliphatic heterocycles. The summed E-state index contributed by atoms with van der Waals surface area (Å²) >= 11 is 6.00. The van der Waals surface area contributed by atoms with Gasteiger partial charge < -0.3 is 10.6 Å². The van der Waals surface area contributed by atoms with E-state index in [1.165, 1.54) is 0 Å². The molecule has 0 saturated heterocycles. The van der Waals surface area contributed by atoms with Crippen LogP contribution in [-0.2, 0) is 4.79 Å². The lowest BCUT2D eigenvalue weighted by molar-refractivity contribution is -0.709. The molecule has 0 spiro atoms. The molecule has 0 aliphatic carbocycles. The molecule has 0 aliphatic rings. The summed E-state index contributed by atoms with van der Waals surface area (Å²) in [5.74, 6) is -0.00456. The summed E-state index contributed by atoms with van der Waals surface area (Å²) in [5.41, 5.74) is 1.93. The SMILES string of the molecule is C[C@H]([NH2+][C@@H](C)c1cccc(Cl)c1)C(=O)Nc1ccccc1. The predicted molar refractivity (Wildman–Crippen MR) is 86.3 cm³/mol. The molecule has 21 heavy (non-hydrogen) atoms. The fourth-order valence-electron chi connectivity index (χ4n) is 2.20. The Morgan fingerprint density at radius 1 is 1.10 bits per heavy atom. The summed E-state index contributed by atoms with van der Waals surface area (Å²) in [6.07, 6.45) is 0. The highest BCUT2D eigenvalue weighted by atomic mass is 35.5. The summed E-state index contributed by atoms with van der Waals surface area (Å²) < 4.78 is 0. The second-order valence-electron chi connectivity index (χ2n) is 5.18. The molecule has 0 fully saturated rings. The smallest absolute Gasteiger partial charge is 0.282 e. The Morgan fingerprint density at radius 2 is 1.81 bits per heavy atom. The number of para-hydroxylation sites is 1. The Hall–Kier alpha value is -1.84. The topological polar surface area (TPSA) is 45.7 Å². The molecule has 2 aromatic carbocycles. The van der Waals surface area contributed by atoms with Crippen LogP contribution in [0.4, 0.5) is 5.69 Å². The molecule has 0 radical (unpaired) electrons. The molecule has 0 bridgehead atoms. The monoisotopic (exact) mass is 303 g/mol. The van der Waals surface area contributed by atoms with Crippen LogP contribution < -0.4 is 10.6 Å². The quantitative estimate of drug-likeness (QED) is 0.876. The number of quaternary nitrogens is 1. The van der Waals surface area contributed by atoms with E-state index in [1.54, 1.807) is 0 Å². The second kappa shape index (κ2) is 7.25. The average molecular weight is 304 g/mol. The Bertz CT molecular complexity index is 601. The maximum Gasteiger partial charge on any atom is 0.282 e. The van der Waals surface area contributed by atoms with E-state index < -0.39 is 0 Å². The van der Waals surface area contributed by atoms with Crippen LogP contribution in [0.1, 0.15) is 25.5 Å². The Morgan fingerprint density at radius 3 is 2.48 bits per heavy atom. The standard InChI is InChI=1S/C17H19ClN2O/c1-12(14-7-6-8-15(18)11-14)19-13(2)17(21)20-16-9-4-3-5-10-16/h3-13,19H,1-2H3,(H,20,21)/p+1/t12-,13-/m0/s1. The van der Waals surface area contributed by atoms with Crippen LogP contribution in [0, 0.1) is 0 Å². The zero-order chi connectivity index (χ0) is 15.2. The number of hydrogen-bond donors (Lipinski definition) is 2. The van der Waals surface area contributed by atoms with Gasteiger partial charge >= 0.3 is 0 Å². The first-order valence-corrected chi connectivity index (χ1v) is 7.40. The van der Waals surface area contributed by atoms with Gasteiger partial charge in [-0.15, -0.1) is 0 Å². The van der Waals surface area contributed by atoms with E-state index in [2.05, 4.69) is 12.2 Å². The van der Waals surface area contributed by atoms with Gasteiger partial charge in [-0.1, -0.05) is 41.9 Å². The number of carbonyl (C=O) groups is 1. The van der Waals surface area contributed by atoms with Gasteiger partial charge in [-0.05, 0) is 38.1 Å². The molecule has 4 heteroatoms. The minimum atomic E-state index is -0.181. The molecule has 3 N–H and O–H groups in total. The highest BCUT2D eigenvalue weighted by Gasteiger charge is 2.20. The first-order valence-electron chi connectivity index (χ1n) is 7.02. The fourth-order valence-corrected chi connectivity index (χ4v) is 2.40. The summed E-state index contributed by atoms with van der Waals surface area (Å²) in [5, 5.41) is 5.66. The molecule has 0 saturated carbocycles. The minimum absolute atomic E-state index is 0.00456. The maximum absolute atomic E-state index is 12.2. The van der Waals surface area contributed by atoms with Crippen molar-refractivity contribution in [2.45, 2.75) is 25.9 Å². The van der Waals surface area contributed by atoms with Gasteiger partial charge in [0.25, 0.3) is 5.91 Å². The van der Waals surface area contributed by atoms with Gasteiger partial charge in [0.05, 0.1) is 0 Å². The number of benzene rings is 2. The third-order valence-corrected chi connectivity index (χ3v) is 3.64. The molecule has 2 aromatic rings. The number of nitrogens with one attached hydrogen (secondary N) is 1. The van der Waals surface area contributed by atoms with Crippen LogP contribution in [0.15, 0.2) is 54.6 Å². The molecule has 2 rings (SSSR count). The van der Waals surface area contributed by atoms with E-state index >= 15 is 0 Å². The van der Waals surface area contributed by atoms with Crippen molar-refractivity contribution in [1.29, 1.82) is 0 Å². The fraction of sp³-hybridized carbons (Fsp3) is 0.235. The van der Waals surface area contributed by atoms with Gasteiger partial charge in [0, 0.05) is 16.3 Å². The highest BCUT2D eigenvalue weighted by molar-refractivity contribution is 6.30. The zero-order valence-electron chi connectivity index (χ0n) is 12.2. The number of amides is 1. The number of halogens is 1. The van der Waals surface area contributed by atoms with E-state index in [0.717, 1.165) is 11.3 Å². The number of anilines is 1. The number of carbonyl (C=O) groups excluding carboxylic acids is 1. The van der Waals surface area contributed by atoms with Crippen molar-refractivity contribution in [3.63, 3.8) is 0 Å². The Balaban J connectivity index is 1.94. The normalized spacial score (nSPS) is 13.5. The summed E-state index contributed by atoms with van der Waals surface area (Å²) in [6, 6.07) is 17.2. The van der Waals surface area contributed by atoms with Crippen molar-refractivity contribution in [3.05, 3.63) is 65.2 Å². The lowest BCUT2D eigenvalue weighted by atomic mass is 10.1. The second-order valence-corrected chi connectivity index (χ2v) is 5.62. The lowest BCUT2D eigenvalue weighted by Crippen LogP contribution is -2.91. The Kier molecular flexibility index (Phi) is 5.37. The predicted octanol–water partition coefficient (Wildman–Crippen LogP) is 2.99. The number of nitrogens with two attached hydrogens (primary N) is 1. The molecular weight excluding hydrogens is 284 g/mol. The third-order valence-electron chi connectivity index (χ3n) is 3.41. The molecule has 110 valence electrons. The van der Waals surface area contributed by atoms with Crippen LogP contribution in [0.2, 0.25) is 5.02 Å². The molecule has 2 atom stereocenters.